The minimum absolute atomic E-state index is 0.189. The van der Waals surface area contributed by atoms with E-state index in [1.54, 1.807) is 13.8 Å². The summed E-state index contributed by atoms with van der Waals surface area (Å²) in [6.45, 7) is 4.08. The highest BCUT2D eigenvalue weighted by atomic mass is 32.2. The van der Waals surface area contributed by atoms with Crippen LogP contribution in [0.4, 0.5) is 0 Å². The van der Waals surface area contributed by atoms with Crippen LogP contribution in [0.5, 0.6) is 0 Å². The minimum Gasteiger partial charge on any atom is -0.355 e. The summed E-state index contributed by atoms with van der Waals surface area (Å²) >= 11 is 0. The van der Waals surface area contributed by atoms with Gasteiger partial charge in [-0.25, -0.2) is 0 Å². The Hall–Kier alpha value is -0.660. The highest BCUT2D eigenvalue weighted by Gasteiger charge is 2.25. The fourth-order valence-corrected chi connectivity index (χ4v) is 2.87. The zero-order valence-corrected chi connectivity index (χ0v) is 10.4. The summed E-state index contributed by atoms with van der Waals surface area (Å²) in [7, 11) is -3.59. The molecule has 0 aromatic carbocycles. The summed E-state index contributed by atoms with van der Waals surface area (Å²) in [6.07, 6.45) is 2.28. The van der Waals surface area contributed by atoms with Crippen molar-refractivity contribution in [2.75, 3.05) is 6.54 Å². The SMILES string of the molecule is CC(C)NS(=O)(=O)N[C@H]1CCCCNC1=O. The van der Waals surface area contributed by atoms with Gasteiger partial charge in [-0.15, -0.1) is 0 Å². The lowest BCUT2D eigenvalue weighted by molar-refractivity contribution is -0.122. The largest absolute Gasteiger partial charge is 0.355 e. The normalized spacial score (nSPS) is 22.9. The van der Waals surface area contributed by atoms with E-state index in [0.717, 1.165) is 12.8 Å². The molecule has 1 aliphatic heterocycles. The molecule has 7 heteroatoms. The average Bonchev–Trinajstić information content (AvgIpc) is 2.29. The van der Waals surface area contributed by atoms with E-state index in [2.05, 4.69) is 14.8 Å². The quantitative estimate of drug-likeness (QED) is 0.627. The van der Waals surface area contributed by atoms with Gasteiger partial charge in [0.25, 0.3) is 10.2 Å². The second-order valence-electron chi connectivity index (χ2n) is 4.23. The molecule has 1 atom stereocenters. The third-order valence-electron chi connectivity index (χ3n) is 2.22. The molecule has 0 unspecified atom stereocenters. The van der Waals surface area contributed by atoms with E-state index in [4.69, 9.17) is 0 Å². The highest BCUT2D eigenvalue weighted by Crippen LogP contribution is 2.06. The van der Waals surface area contributed by atoms with E-state index < -0.39 is 16.3 Å². The van der Waals surface area contributed by atoms with Gasteiger partial charge in [0.1, 0.15) is 6.04 Å². The summed E-state index contributed by atoms with van der Waals surface area (Å²) < 4.78 is 27.9. The molecule has 0 aliphatic carbocycles. The van der Waals surface area contributed by atoms with E-state index in [1.807, 2.05) is 0 Å². The number of hydrogen-bond acceptors (Lipinski definition) is 3. The first-order valence-electron chi connectivity index (χ1n) is 5.48. The zero-order chi connectivity index (χ0) is 12.2. The van der Waals surface area contributed by atoms with Gasteiger partial charge in [-0.2, -0.15) is 17.9 Å². The molecule has 0 aromatic rings. The number of amides is 1. The van der Waals surface area contributed by atoms with Gasteiger partial charge >= 0.3 is 0 Å². The second kappa shape index (κ2) is 5.60. The van der Waals surface area contributed by atoms with Crippen LogP contribution < -0.4 is 14.8 Å². The van der Waals surface area contributed by atoms with Gasteiger partial charge in [0.15, 0.2) is 0 Å². The van der Waals surface area contributed by atoms with Crippen molar-refractivity contribution in [2.24, 2.45) is 0 Å². The van der Waals surface area contributed by atoms with Crippen LogP contribution in [-0.4, -0.2) is 33.0 Å². The topological polar surface area (TPSA) is 87.3 Å². The van der Waals surface area contributed by atoms with Crippen molar-refractivity contribution in [1.29, 1.82) is 0 Å². The predicted octanol–water partition coefficient (Wildman–Crippen LogP) is -0.512. The summed E-state index contributed by atoms with van der Waals surface area (Å²) in [5, 5.41) is 2.68. The van der Waals surface area contributed by atoms with Crippen molar-refractivity contribution in [3.8, 4) is 0 Å². The van der Waals surface area contributed by atoms with E-state index in [1.165, 1.54) is 0 Å². The Morgan fingerprint density at radius 2 is 2.06 bits per heavy atom. The van der Waals surface area contributed by atoms with E-state index in [-0.39, 0.29) is 11.9 Å². The molecular weight excluding hydrogens is 230 g/mol. The second-order valence-corrected chi connectivity index (χ2v) is 5.71. The average molecular weight is 249 g/mol. The van der Waals surface area contributed by atoms with Crippen LogP contribution in [0.2, 0.25) is 0 Å². The third kappa shape index (κ3) is 4.46. The van der Waals surface area contributed by atoms with Crippen LogP contribution in [0, 0.1) is 0 Å². The molecule has 1 aliphatic rings. The molecule has 0 saturated carbocycles. The minimum atomic E-state index is -3.59. The number of nitrogens with one attached hydrogen (secondary N) is 3. The van der Waals surface area contributed by atoms with Gasteiger partial charge in [-0.3, -0.25) is 4.79 Å². The van der Waals surface area contributed by atoms with Crippen molar-refractivity contribution in [3.63, 3.8) is 0 Å². The third-order valence-corrected chi connectivity index (χ3v) is 3.60. The smallest absolute Gasteiger partial charge is 0.277 e. The highest BCUT2D eigenvalue weighted by molar-refractivity contribution is 7.87. The molecule has 94 valence electrons. The number of carbonyl (C=O) groups is 1. The summed E-state index contributed by atoms with van der Waals surface area (Å²) in [5.74, 6) is -0.244. The van der Waals surface area contributed by atoms with Gasteiger partial charge < -0.3 is 5.32 Å². The van der Waals surface area contributed by atoms with Crippen LogP contribution in [0.25, 0.3) is 0 Å². The van der Waals surface area contributed by atoms with Gasteiger partial charge in [-0.1, -0.05) is 0 Å². The molecule has 3 N–H and O–H groups in total. The molecule has 16 heavy (non-hydrogen) atoms. The first-order chi connectivity index (χ1) is 7.41. The molecule has 1 fully saturated rings. The molecule has 1 rings (SSSR count). The summed E-state index contributed by atoms with van der Waals surface area (Å²) in [4.78, 5) is 11.5. The van der Waals surface area contributed by atoms with Crippen molar-refractivity contribution >= 4 is 16.1 Å². The summed E-state index contributed by atoms with van der Waals surface area (Å²) in [6, 6.07) is -0.843. The maximum absolute atomic E-state index is 11.6. The lowest BCUT2D eigenvalue weighted by Gasteiger charge is -2.17. The molecule has 0 radical (unpaired) electrons. The molecule has 0 spiro atoms. The fourth-order valence-electron chi connectivity index (χ4n) is 1.58. The Balaban J connectivity index is 2.60. The zero-order valence-electron chi connectivity index (χ0n) is 9.62. The van der Waals surface area contributed by atoms with E-state index in [0.29, 0.717) is 13.0 Å². The molecule has 1 saturated heterocycles. The first kappa shape index (κ1) is 13.4. The van der Waals surface area contributed by atoms with Crippen molar-refractivity contribution < 1.29 is 13.2 Å². The van der Waals surface area contributed by atoms with Crippen LogP contribution in [0.3, 0.4) is 0 Å². The maximum atomic E-state index is 11.6. The molecular formula is C9H19N3O3S. The summed E-state index contributed by atoms with van der Waals surface area (Å²) in [5.41, 5.74) is 0. The van der Waals surface area contributed by atoms with Crippen molar-refractivity contribution in [2.45, 2.75) is 45.2 Å². The van der Waals surface area contributed by atoms with Crippen molar-refractivity contribution in [3.05, 3.63) is 0 Å². The van der Waals surface area contributed by atoms with E-state index in [9.17, 15) is 13.2 Å². The Morgan fingerprint density at radius 3 is 2.69 bits per heavy atom. The Kier molecular flexibility index (Phi) is 4.69. The lowest BCUT2D eigenvalue weighted by atomic mass is 10.1. The number of carbonyl (C=O) groups excluding carboxylic acids is 1. The molecule has 0 aromatic heterocycles. The van der Waals surface area contributed by atoms with Crippen LogP contribution in [0.15, 0.2) is 0 Å². The van der Waals surface area contributed by atoms with Gasteiger partial charge in [0.05, 0.1) is 0 Å². The first-order valence-corrected chi connectivity index (χ1v) is 6.96. The van der Waals surface area contributed by atoms with Crippen LogP contribution >= 0.6 is 0 Å². The monoisotopic (exact) mass is 249 g/mol. The molecule has 1 heterocycles. The van der Waals surface area contributed by atoms with Crippen LogP contribution in [0.1, 0.15) is 33.1 Å². The number of hydrogen-bond donors (Lipinski definition) is 3. The van der Waals surface area contributed by atoms with Gasteiger partial charge in [-0.05, 0) is 33.1 Å². The van der Waals surface area contributed by atoms with Crippen LogP contribution in [-0.2, 0) is 15.0 Å². The Labute approximate surface area is 96.4 Å². The number of rotatable bonds is 4. The standard InChI is InChI=1S/C9H19N3O3S/c1-7(2)11-16(14,15)12-8-5-3-4-6-10-9(8)13/h7-8,11-12H,3-6H2,1-2H3,(H,10,13)/t8-/m0/s1. The molecule has 1 amide bonds. The molecule has 0 bridgehead atoms. The lowest BCUT2D eigenvalue weighted by Crippen LogP contribution is -2.50. The fraction of sp³-hybridized carbons (Fsp3) is 0.889. The predicted molar refractivity (Wildman–Crippen MR) is 61.0 cm³/mol. The Bertz CT molecular complexity index is 340. The van der Waals surface area contributed by atoms with Gasteiger partial charge in [0.2, 0.25) is 5.91 Å². The van der Waals surface area contributed by atoms with E-state index >= 15 is 0 Å². The maximum Gasteiger partial charge on any atom is 0.277 e. The Morgan fingerprint density at radius 1 is 1.38 bits per heavy atom. The van der Waals surface area contributed by atoms with Crippen molar-refractivity contribution in [1.82, 2.24) is 14.8 Å². The van der Waals surface area contributed by atoms with Gasteiger partial charge in [0, 0.05) is 12.6 Å². The molecule has 6 nitrogen and oxygen atoms in total.